The molecule has 0 spiro atoms. The van der Waals surface area contributed by atoms with Gasteiger partial charge in [0.15, 0.2) is 17.3 Å². The Kier molecular flexibility index (Phi) is 6.51. The number of methoxy groups -OCH3 is 2. The van der Waals surface area contributed by atoms with Crippen molar-refractivity contribution in [2.24, 2.45) is 5.92 Å². The number of ketones is 1. The molecule has 0 saturated carbocycles. The van der Waals surface area contributed by atoms with Gasteiger partial charge >= 0.3 is 0 Å². The molecular weight excluding hydrogens is 380 g/mol. The second-order valence-corrected chi connectivity index (χ2v) is 7.26. The first kappa shape index (κ1) is 21.1. The van der Waals surface area contributed by atoms with E-state index in [1.165, 1.54) is 0 Å². The molecule has 1 aromatic carbocycles. The molecule has 0 atom stereocenters. The van der Waals surface area contributed by atoms with E-state index in [4.69, 9.17) is 15.2 Å². The van der Waals surface area contributed by atoms with Crippen molar-refractivity contribution in [3.63, 3.8) is 0 Å². The number of nitrogen functional groups attached to an aromatic ring is 1. The first-order chi connectivity index (χ1) is 14.4. The van der Waals surface area contributed by atoms with Gasteiger partial charge in [-0.05, 0) is 41.8 Å². The van der Waals surface area contributed by atoms with Crippen LogP contribution in [0.1, 0.15) is 29.8 Å². The summed E-state index contributed by atoms with van der Waals surface area (Å²) in [5.74, 6) is 2.38. The van der Waals surface area contributed by atoms with Gasteiger partial charge in [0, 0.05) is 30.1 Å². The Hall–Kier alpha value is -3.61. The van der Waals surface area contributed by atoms with Crippen LogP contribution in [0.2, 0.25) is 0 Å². The van der Waals surface area contributed by atoms with E-state index >= 15 is 0 Å². The Morgan fingerprint density at radius 3 is 2.40 bits per heavy atom. The number of carbonyl (C=O) groups is 1. The molecule has 2 aromatic heterocycles. The molecule has 0 fully saturated rings. The third-order valence-corrected chi connectivity index (χ3v) is 4.60. The number of pyridine rings is 2. The van der Waals surface area contributed by atoms with Gasteiger partial charge < -0.3 is 20.5 Å². The number of nitrogens with one attached hydrogen (secondary N) is 1. The van der Waals surface area contributed by atoms with Crippen molar-refractivity contribution in [1.29, 1.82) is 0 Å². The molecule has 0 unspecified atom stereocenters. The number of nitrogens with zero attached hydrogens (tertiary/aromatic N) is 2. The molecule has 0 aliphatic carbocycles. The number of carbonyl (C=O) groups excluding carboxylic acids is 1. The number of nitrogens with two attached hydrogens (primary N) is 1. The van der Waals surface area contributed by atoms with Gasteiger partial charge in [-0.15, -0.1) is 0 Å². The number of hydrogen-bond donors (Lipinski definition) is 2. The second kappa shape index (κ2) is 9.26. The molecule has 0 radical (unpaired) electrons. The second-order valence-electron chi connectivity index (χ2n) is 7.26. The lowest BCUT2D eigenvalue weighted by molar-refractivity contribution is 0.103. The predicted molar refractivity (Wildman–Crippen MR) is 118 cm³/mol. The van der Waals surface area contributed by atoms with E-state index in [2.05, 4.69) is 29.1 Å². The van der Waals surface area contributed by atoms with E-state index in [0.717, 1.165) is 23.5 Å². The van der Waals surface area contributed by atoms with Crippen LogP contribution in [0.15, 0.2) is 48.8 Å². The molecule has 0 aliphatic heterocycles. The van der Waals surface area contributed by atoms with Crippen LogP contribution in [0, 0.1) is 5.92 Å². The zero-order valence-corrected chi connectivity index (χ0v) is 17.6. The van der Waals surface area contributed by atoms with Gasteiger partial charge in [0.2, 0.25) is 0 Å². The SMILES string of the molecule is COc1ccc(-c2cnc(N)c(C(=O)c3ccc(NCC(C)C)nc3)c2)cc1OC. The number of aromatic nitrogens is 2. The number of rotatable bonds is 8. The van der Waals surface area contributed by atoms with E-state index in [1.54, 1.807) is 50.9 Å². The summed E-state index contributed by atoms with van der Waals surface area (Å²) in [4.78, 5) is 21.6. The predicted octanol–water partition coefficient (Wildman–Crippen LogP) is 4.04. The minimum absolute atomic E-state index is 0.172. The fraction of sp³-hybridized carbons (Fsp3) is 0.261. The Morgan fingerprint density at radius 2 is 1.77 bits per heavy atom. The lowest BCUT2D eigenvalue weighted by atomic mass is 10.0. The van der Waals surface area contributed by atoms with E-state index in [-0.39, 0.29) is 11.6 Å². The van der Waals surface area contributed by atoms with Gasteiger partial charge in [-0.25, -0.2) is 9.97 Å². The highest BCUT2D eigenvalue weighted by atomic mass is 16.5. The molecule has 0 saturated heterocycles. The monoisotopic (exact) mass is 406 g/mol. The third kappa shape index (κ3) is 4.68. The first-order valence-electron chi connectivity index (χ1n) is 9.65. The van der Waals surface area contributed by atoms with Crippen LogP contribution in [0.3, 0.4) is 0 Å². The molecule has 0 bridgehead atoms. The molecule has 7 nitrogen and oxygen atoms in total. The highest BCUT2D eigenvalue weighted by molar-refractivity contribution is 6.12. The van der Waals surface area contributed by atoms with Crippen molar-refractivity contribution < 1.29 is 14.3 Å². The Bertz CT molecular complexity index is 1030. The number of anilines is 2. The van der Waals surface area contributed by atoms with Crippen LogP contribution in [-0.2, 0) is 0 Å². The Labute approximate surface area is 176 Å². The summed E-state index contributed by atoms with van der Waals surface area (Å²) < 4.78 is 10.6. The molecule has 3 rings (SSSR count). The van der Waals surface area contributed by atoms with Crippen molar-refractivity contribution in [2.45, 2.75) is 13.8 Å². The van der Waals surface area contributed by atoms with Gasteiger partial charge in [0.05, 0.1) is 19.8 Å². The van der Waals surface area contributed by atoms with Crippen molar-refractivity contribution >= 4 is 17.4 Å². The highest BCUT2D eigenvalue weighted by Gasteiger charge is 2.16. The quantitative estimate of drug-likeness (QED) is 0.545. The molecule has 3 aromatic rings. The van der Waals surface area contributed by atoms with Crippen LogP contribution >= 0.6 is 0 Å². The maximum absolute atomic E-state index is 13.0. The molecule has 0 amide bonds. The molecule has 156 valence electrons. The number of hydrogen-bond acceptors (Lipinski definition) is 7. The highest BCUT2D eigenvalue weighted by Crippen LogP contribution is 2.33. The largest absolute Gasteiger partial charge is 0.493 e. The Balaban J connectivity index is 1.89. The standard InChI is InChI=1S/C23H26N4O3/c1-14(2)11-25-21-8-6-16(12-26-21)22(28)18-9-17(13-27-23(18)24)15-5-7-19(29-3)20(10-15)30-4/h5-10,12-14H,11H2,1-4H3,(H2,24,27)(H,25,26). The minimum atomic E-state index is -0.231. The maximum Gasteiger partial charge on any atom is 0.198 e. The van der Waals surface area contributed by atoms with Gasteiger partial charge in [0.1, 0.15) is 11.6 Å². The van der Waals surface area contributed by atoms with Crippen molar-refractivity contribution in [1.82, 2.24) is 9.97 Å². The zero-order chi connectivity index (χ0) is 21.7. The fourth-order valence-electron chi connectivity index (χ4n) is 2.93. The smallest absolute Gasteiger partial charge is 0.198 e. The summed E-state index contributed by atoms with van der Waals surface area (Å²) in [5.41, 5.74) is 8.36. The first-order valence-corrected chi connectivity index (χ1v) is 9.65. The average molecular weight is 406 g/mol. The van der Waals surface area contributed by atoms with Crippen molar-refractivity contribution in [3.05, 3.63) is 59.9 Å². The minimum Gasteiger partial charge on any atom is -0.493 e. The van der Waals surface area contributed by atoms with Crippen LogP contribution in [-0.4, -0.2) is 36.5 Å². The molecule has 7 heteroatoms. The molecule has 0 aliphatic rings. The topological polar surface area (TPSA) is 99.4 Å². The zero-order valence-electron chi connectivity index (χ0n) is 17.6. The van der Waals surface area contributed by atoms with Gasteiger partial charge in [-0.1, -0.05) is 19.9 Å². The molecule has 2 heterocycles. The summed E-state index contributed by atoms with van der Waals surface area (Å²) in [7, 11) is 3.15. The number of benzene rings is 1. The third-order valence-electron chi connectivity index (χ3n) is 4.60. The molecular formula is C23H26N4O3. The summed E-state index contributed by atoms with van der Waals surface area (Å²) in [6, 6.07) is 10.8. The number of ether oxygens (including phenoxy) is 2. The van der Waals surface area contributed by atoms with E-state index in [0.29, 0.717) is 28.5 Å². The lowest BCUT2D eigenvalue weighted by Crippen LogP contribution is -2.11. The van der Waals surface area contributed by atoms with Gasteiger partial charge in [-0.3, -0.25) is 4.79 Å². The molecule has 30 heavy (non-hydrogen) atoms. The van der Waals surface area contributed by atoms with Gasteiger partial charge in [-0.2, -0.15) is 0 Å². The summed E-state index contributed by atoms with van der Waals surface area (Å²) in [5, 5.41) is 3.23. The van der Waals surface area contributed by atoms with E-state index < -0.39 is 0 Å². The van der Waals surface area contributed by atoms with Crippen molar-refractivity contribution in [3.8, 4) is 22.6 Å². The van der Waals surface area contributed by atoms with Crippen LogP contribution in [0.5, 0.6) is 11.5 Å². The van der Waals surface area contributed by atoms with E-state index in [1.807, 2.05) is 12.1 Å². The summed E-state index contributed by atoms with van der Waals surface area (Å²) in [6.45, 7) is 5.04. The maximum atomic E-state index is 13.0. The Morgan fingerprint density at radius 1 is 1.00 bits per heavy atom. The summed E-state index contributed by atoms with van der Waals surface area (Å²) >= 11 is 0. The van der Waals surface area contributed by atoms with Gasteiger partial charge in [0.25, 0.3) is 0 Å². The fourth-order valence-corrected chi connectivity index (χ4v) is 2.93. The molecule has 3 N–H and O–H groups in total. The normalized spacial score (nSPS) is 10.7. The van der Waals surface area contributed by atoms with Crippen LogP contribution in [0.4, 0.5) is 11.6 Å². The summed E-state index contributed by atoms with van der Waals surface area (Å²) in [6.07, 6.45) is 3.18. The van der Waals surface area contributed by atoms with E-state index in [9.17, 15) is 4.79 Å². The van der Waals surface area contributed by atoms with Crippen molar-refractivity contribution in [2.75, 3.05) is 31.8 Å². The lowest BCUT2D eigenvalue weighted by Gasteiger charge is -2.11. The average Bonchev–Trinajstić information content (AvgIpc) is 2.77. The van der Waals surface area contributed by atoms with Crippen LogP contribution in [0.25, 0.3) is 11.1 Å². The van der Waals surface area contributed by atoms with Crippen LogP contribution < -0.4 is 20.5 Å².